The van der Waals surface area contributed by atoms with Crippen LogP contribution in [-0.2, 0) is 4.79 Å². The van der Waals surface area contributed by atoms with E-state index in [4.69, 9.17) is 4.74 Å². The van der Waals surface area contributed by atoms with Gasteiger partial charge < -0.3 is 4.74 Å². The maximum Gasteiger partial charge on any atom is 0.279 e. The van der Waals surface area contributed by atoms with E-state index in [0.29, 0.717) is 5.75 Å². The van der Waals surface area contributed by atoms with Crippen LogP contribution in [0.3, 0.4) is 0 Å². The van der Waals surface area contributed by atoms with Crippen molar-refractivity contribution in [3.8, 4) is 5.75 Å². The third-order valence-corrected chi connectivity index (χ3v) is 3.79. The molecule has 0 heterocycles. The number of hydrazine groups is 1. The molecule has 132 valence electrons. The minimum atomic E-state index is -0.830. The maximum atomic E-state index is 13.1. The molecule has 2 amide bonds. The lowest BCUT2D eigenvalue weighted by atomic mass is 10.1. The lowest BCUT2D eigenvalue weighted by Gasteiger charge is -2.15. The summed E-state index contributed by atoms with van der Waals surface area (Å²) >= 11 is 0. The second-order valence-corrected chi connectivity index (χ2v) is 5.72. The number of carbonyl (C=O) groups is 2. The summed E-state index contributed by atoms with van der Waals surface area (Å²) in [6, 6.07) is 18.5. The highest BCUT2D eigenvalue weighted by atomic mass is 19.1. The molecule has 0 spiro atoms. The van der Waals surface area contributed by atoms with Crippen molar-refractivity contribution < 1.29 is 18.7 Å². The van der Waals surface area contributed by atoms with E-state index in [1.807, 2.05) is 36.4 Å². The van der Waals surface area contributed by atoms with Gasteiger partial charge in [-0.1, -0.05) is 36.4 Å². The van der Waals surface area contributed by atoms with Crippen molar-refractivity contribution in [3.63, 3.8) is 0 Å². The molecule has 0 aromatic heterocycles. The second-order valence-electron chi connectivity index (χ2n) is 5.72. The quantitative estimate of drug-likeness (QED) is 0.709. The van der Waals surface area contributed by atoms with Crippen LogP contribution >= 0.6 is 0 Å². The molecule has 1 atom stereocenters. The number of nitrogens with one attached hydrogen (secondary N) is 2. The molecule has 0 saturated heterocycles. The molecule has 26 heavy (non-hydrogen) atoms. The molecule has 3 aromatic carbocycles. The molecule has 0 saturated carbocycles. The molecule has 0 aliphatic carbocycles. The van der Waals surface area contributed by atoms with Gasteiger partial charge >= 0.3 is 0 Å². The molecule has 0 unspecified atom stereocenters. The van der Waals surface area contributed by atoms with E-state index in [1.165, 1.54) is 18.2 Å². The topological polar surface area (TPSA) is 67.4 Å². The zero-order chi connectivity index (χ0) is 18.5. The first-order valence-electron chi connectivity index (χ1n) is 8.04. The summed E-state index contributed by atoms with van der Waals surface area (Å²) in [5.41, 5.74) is 4.61. The Balaban J connectivity index is 1.57. The molecule has 0 aliphatic rings. The van der Waals surface area contributed by atoms with Gasteiger partial charge in [0.2, 0.25) is 0 Å². The summed E-state index contributed by atoms with van der Waals surface area (Å²) in [5.74, 6) is -1.13. The highest BCUT2D eigenvalue weighted by molar-refractivity contribution is 5.95. The largest absolute Gasteiger partial charge is 0.481 e. The SMILES string of the molecule is C[C@H](Oc1ccc2ccccc2c1)C(=O)NNC(=O)c1cccc(F)c1. The molecule has 0 aliphatic heterocycles. The Morgan fingerprint density at radius 2 is 1.69 bits per heavy atom. The van der Waals surface area contributed by atoms with E-state index in [0.717, 1.165) is 16.8 Å². The van der Waals surface area contributed by atoms with Crippen molar-refractivity contribution >= 4 is 22.6 Å². The molecule has 0 radical (unpaired) electrons. The maximum absolute atomic E-state index is 13.1. The number of ether oxygens (including phenoxy) is 1. The molecular weight excluding hydrogens is 335 g/mol. The Kier molecular flexibility index (Phi) is 5.12. The van der Waals surface area contributed by atoms with Crippen molar-refractivity contribution in [2.24, 2.45) is 0 Å². The highest BCUT2D eigenvalue weighted by Gasteiger charge is 2.16. The van der Waals surface area contributed by atoms with Crippen LogP contribution in [0.5, 0.6) is 5.75 Å². The van der Waals surface area contributed by atoms with Crippen molar-refractivity contribution in [1.82, 2.24) is 10.9 Å². The molecular formula is C20H17FN2O3. The fourth-order valence-electron chi connectivity index (χ4n) is 2.42. The molecule has 5 nitrogen and oxygen atoms in total. The predicted octanol–water partition coefficient (Wildman–Crippen LogP) is 3.21. The standard InChI is InChI=1S/C20H17FN2O3/c1-13(26-18-10-9-14-5-2-3-6-15(14)12-18)19(24)22-23-20(25)16-7-4-8-17(21)11-16/h2-13H,1H3,(H,22,24)(H,23,25)/t13-/m0/s1. The van der Waals surface area contributed by atoms with Crippen molar-refractivity contribution in [3.05, 3.63) is 78.1 Å². The van der Waals surface area contributed by atoms with Gasteiger partial charge in [0.25, 0.3) is 11.8 Å². The van der Waals surface area contributed by atoms with Gasteiger partial charge in [-0.05, 0) is 48.0 Å². The monoisotopic (exact) mass is 352 g/mol. The zero-order valence-electron chi connectivity index (χ0n) is 14.0. The Morgan fingerprint density at radius 3 is 2.46 bits per heavy atom. The van der Waals surface area contributed by atoms with Gasteiger partial charge in [0.05, 0.1) is 0 Å². The van der Waals surface area contributed by atoms with E-state index in [2.05, 4.69) is 10.9 Å². The van der Waals surface area contributed by atoms with E-state index in [-0.39, 0.29) is 5.56 Å². The van der Waals surface area contributed by atoms with Crippen LogP contribution in [0.15, 0.2) is 66.7 Å². The number of carbonyl (C=O) groups excluding carboxylic acids is 2. The summed E-state index contributed by atoms with van der Waals surface area (Å²) < 4.78 is 18.7. The van der Waals surface area contributed by atoms with Crippen LogP contribution in [-0.4, -0.2) is 17.9 Å². The molecule has 3 rings (SSSR count). The summed E-state index contributed by atoms with van der Waals surface area (Å²) in [4.78, 5) is 24.0. The summed E-state index contributed by atoms with van der Waals surface area (Å²) in [5, 5.41) is 2.07. The van der Waals surface area contributed by atoms with Gasteiger partial charge in [-0.15, -0.1) is 0 Å². The first-order chi connectivity index (χ1) is 12.5. The van der Waals surface area contributed by atoms with E-state index < -0.39 is 23.7 Å². The second kappa shape index (κ2) is 7.65. The van der Waals surface area contributed by atoms with Crippen molar-refractivity contribution in [2.45, 2.75) is 13.0 Å². The Hall–Kier alpha value is -3.41. The van der Waals surface area contributed by atoms with Crippen LogP contribution < -0.4 is 15.6 Å². The lowest BCUT2D eigenvalue weighted by molar-refractivity contribution is -0.128. The number of hydrogen-bond acceptors (Lipinski definition) is 3. The number of amides is 2. The third kappa shape index (κ3) is 4.16. The first-order valence-corrected chi connectivity index (χ1v) is 8.04. The third-order valence-electron chi connectivity index (χ3n) is 3.79. The van der Waals surface area contributed by atoms with Crippen LogP contribution in [0, 0.1) is 5.82 Å². The van der Waals surface area contributed by atoms with Crippen LogP contribution in [0.4, 0.5) is 4.39 Å². The van der Waals surface area contributed by atoms with Crippen LogP contribution in [0.25, 0.3) is 10.8 Å². The van der Waals surface area contributed by atoms with Gasteiger partial charge in [-0.3, -0.25) is 20.4 Å². The van der Waals surface area contributed by atoms with Gasteiger partial charge in [0, 0.05) is 5.56 Å². The predicted molar refractivity (Wildman–Crippen MR) is 96.0 cm³/mol. The first kappa shape index (κ1) is 17.4. The molecule has 3 aromatic rings. The molecule has 6 heteroatoms. The Morgan fingerprint density at radius 1 is 0.923 bits per heavy atom. The summed E-state index contributed by atoms with van der Waals surface area (Å²) in [6.45, 7) is 1.57. The Bertz CT molecular complexity index is 958. The van der Waals surface area contributed by atoms with Crippen molar-refractivity contribution in [1.29, 1.82) is 0 Å². The normalized spacial score (nSPS) is 11.6. The highest BCUT2D eigenvalue weighted by Crippen LogP contribution is 2.21. The number of halogens is 1. The van der Waals surface area contributed by atoms with Gasteiger partial charge in [-0.2, -0.15) is 0 Å². The zero-order valence-corrected chi connectivity index (χ0v) is 14.0. The average Bonchev–Trinajstić information content (AvgIpc) is 2.65. The summed E-state index contributed by atoms with van der Waals surface area (Å²) in [6.07, 6.45) is -0.830. The van der Waals surface area contributed by atoms with Crippen molar-refractivity contribution in [2.75, 3.05) is 0 Å². The van der Waals surface area contributed by atoms with Gasteiger partial charge in [-0.25, -0.2) is 4.39 Å². The fourth-order valence-corrected chi connectivity index (χ4v) is 2.42. The van der Waals surface area contributed by atoms with Gasteiger partial charge in [0.1, 0.15) is 11.6 Å². The van der Waals surface area contributed by atoms with Gasteiger partial charge in [0.15, 0.2) is 6.10 Å². The summed E-state index contributed by atoms with van der Waals surface area (Å²) in [7, 11) is 0. The minimum absolute atomic E-state index is 0.105. The lowest BCUT2D eigenvalue weighted by Crippen LogP contribution is -2.47. The molecule has 0 fully saturated rings. The van der Waals surface area contributed by atoms with E-state index >= 15 is 0 Å². The number of fused-ring (bicyclic) bond motifs is 1. The van der Waals surface area contributed by atoms with Crippen LogP contribution in [0.1, 0.15) is 17.3 Å². The number of hydrogen-bond donors (Lipinski definition) is 2. The van der Waals surface area contributed by atoms with Crippen LogP contribution in [0.2, 0.25) is 0 Å². The van der Waals surface area contributed by atoms with E-state index in [9.17, 15) is 14.0 Å². The smallest absolute Gasteiger partial charge is 0.279 e. The Labute approximate surface area is 149 Å². The number of benzene rings is 3. The number of rotatable bonds is 4. The molecule has 2 N–H and O–H groups in total. The average molecular weight is 352 g/mol. The van der Waals surface area contributed by atoms with E-state index in [1.54, 1.807) is 13.0 Å². The minimum Gasteiger partial charge on any atom is -0.481 e. The molecule has 0 bridgehead atoms. The fraction of sp³-hybridized carbons (Fsp3) is 0.100.